The number of nitrogens with one attached hydrogen (secondary N) is 1. The smallest absolute Gasteiger partial charge is 0.146 e. The normalized spacial score (nSPS) is 9.30. The van der Waals surface area contributed by atoms with Crippen molar-refractivity contribution in [1.82, 2.24) is 5.32 Å². The summed E-state index contributed by atoms with van der Waals surface area (Å²) in [5, 5.41) is 3.11. The predicted molar refractivity (Wildman–Crippen MR) is 43.0 cm³/mol. The molecule has 0 aromatic rings. The summed E-state index contributed by atoms with van der Waals surface area (Å²) in [6.07, 6.45) is 3.13. The van der Waals surface area contributed by atoms with Crippen LogP contribution >= 0.6 is 0 Å². The monoisotopic (exact) mass is 141 g/mol. The highest BCUT2D eigenvalue weighted by Crippen LogP contribution is 1.84. The van der Waals surface area contributed by atoms with Gasteiger partial charge in [0.25, 0.3) is 0 Å². The van der Waals surface area contributed by atoms with Gasteiger partial charge in [0.1, 0.15) is 6.29 Å². The van der Waals surface area contributed by atoms with Crippen molar-refractivity contribution >= 4 is 6.29 Å². The maximum absolute atomic E-state index is 10.0. The van der Waals surface area contributed by atoms with E-state index in [4.69, 9.17) is 0 Å². The van der Waals surface area contributed by atoms with Crippen LogP contribution in [0.15, 0.2) is 12.2 Å². The molecule has 0 spiro atoms. The van der Waals surface area contributed by atoms with Crippen LogP contribution in [0, 0.1) is 0 Å². The van der Waals surface area contributed by atoms with Gasteiger partial charge in [0, 0.05) is 6.54 Å². The predicted octanol–water partition coefficient (Wildman–Crippen LogP) is 1.13. The van der Waals surface area contributed by atoms with Crippen LogP contribution in [0.3, 0.4) is 0 Å². The first-order valence-electron chi connectivity index (χ1n) is 3.65. The fraction of sp³-hybridized carbons (Fsp3) is 0.625. The Morgan fingerprint density at radius 2 is 2.40 bits per heavy atom. The van der Waals surface area contributed by atoms with E-state index in [9.17, 15) is 4.79 Å². The Kier molecular flexibility index (Phi) is 6.08. The van der Waals surface area contributed by atoms with Gasteiger partial charge in [-0.1, -0.05) is 19.9 Å². The topological polar surface area (TPSA) is 29.1 Å². The fourth-order valence-corrected chi connectivity index (χ4v) is 0.592. The van der Waals surface area contributed by atoms with E-state index < -0.39 is 0 Å². The van der Waals surface area contributed by atoms with Crippen molar-refractivity contribution in [3.05, 3.63) is 12.2 Å². The molecule has 0 aliphatic rings. The lowest BCUT2D eigenvalue weighted by Crippen LogP contribution is -2.18. The number of aldehydes is 1. The third-order valence-electron chi connectivity index (χ3n) is 1.23. The second kappa shape index (κ2) is 6.49. The fourth-order valence-electron chi connectivity index (χ4n) is 0.592. The van der Waals surface area contributed by atoms with Gasteiger partial charge >= 0.3 is 0 Å². The summed E-state index contributed by atoms with van der Waals surface area (Å²) in [6, 6.07) is 0. The van der Waals surface area contributed by atoms with Crippen molar-refractivity contribution in [1.29, 1.82) is 0 Å². The Hall–Kier alpha value is -0.630. The van der Waals surface area contributed by atoms with E-state index in [-0.39, 0.29) is 0 Å². The van der Waals surface area contributed by atoms with Crippen molar-refractivity contribution < 1.29 is 4.79 Å². The van der Waals surface area contributed by atoms with E-state index in [1.54, 1.807) is 0 Å². The van der Waals surface area contributed by atoms with E-state index in [1.807, 2.05) is 0 Å². The minimum Gasteiger partial charge on any atom is -0.313 e. The zero-order valence-electron chi connectivity index (χ0n) is 6.52. The van der Waals surface area contributed by atoms with Crippen LogP contribution < -0.4 is 5.32 Å². The standard InChI is InChI=1S/C8H15NO/c1-3-4-5-9-6-8(2)7-10/h7,9H,2-6H2,1H3. The average molecular weight is 141 g/mol. The summed E-state index contributed by atoms with van der Waals surface area (Å²) in [4.78, 5) is 10.0. The largest absolute Gasteiger partial charge is 0.313 e. The molecule has 1 N–H and O–H groups in total. The van der Waals surface area contributed by atoms with Crippen LogP contribution in [0.1, 0.15) is 19.8 Å². The van der Waals surface area contributed by atoms with Crippen molar-refractivity contribution in [2.24, 2.45) is 0 Å². The van der Waals surface area contributed by atoms with Crippen molar-refractivity contribution in [2.45, 2.75) is 19.8 Å². The molecule has 0 saturated heterocycles. The van der Waals surface area contributed by atoms with Crippen LogP contribution in [0.5, 0.6) is 0 Å². The molecule has 58 valence electrons. The van der Waals surface area contributed by atoms with Gasteiger partial charge in [0.15, 0.2) is 0 Å². The minimum atomic E-state index is 0.621. The van der Waals surface area contributed by atoms with Gasteiger partial charge in [-0.15, -0.1) is 0 Å². The number of hydrogen-bond donors (Lipinski definition) is 1. The molecule has 0 unspecified atom stereocenters. The maximum Gasteiger partial charge on any atom is 0.146 e. The molecule has 2 nitrogen and oxygen atoms in total. The summed E-state index contributed by atoms with van der Waals surface area (Å²) in [5.74, 6) is 0. The molecule has 0 amide bonds. The SMILES string of the molecule is C=C(C=O)CNCCCC. The first-order chi connectivity index (χ1) is 4.81. The van der Waals surface area contributed by atoms with Gasteiger partial charge in [0.05, 0.1) is 0 Å². The van der Waals surface area contributed by atoms with Crippen molar-refractivity contribution in [3.8, 4) is 0 Å². The highest BCUT2D eigenvalue weighted by atomic mass is 16.1. The Bertz CT molecular complexity index is 110. The lowest BCUT2D eigenvalue weighted by Gasteiger charge is -2.00. The number of hydrogen-bond acceptors (Lipinski definition) is 2. The molecule has 0 fully saturated rings. The lowest BCUT2D eigenvalue weighted by atomic mass is 10.3. The maximum atomic E-state index is 10.0. The van der Waals surface area contributed by atoms with Gasteiger partial charge in [0.2, 0.25) is 0 Å². The zero-order chi connectivity index (χ0) is 7.82. The molecule has 0 aromatic heterocycles. The van der Waals surface area contributed by atoms with Crippen LogP contribution in [-0.4, -0.2) is 19.4 Å². The second-order valence-electron chi connectivity index (χ2n) is 2.31. The highest BCUT2D eigenvalue weighted by molar-refractivity contribution is 5.72. The summed E-state index contributed by atoms with van der Waals surface area (Å²) in [5.41, 5.74) is 0.621. The number of unbranched alkanes of at least 4 members (excludes halogenated alkanes) is 1. The third-order valence-corrected chi connectivity index (χ3v) is 1.23. The van der Waals surface area contributed by atoms with Crippen LogP contribution in [-0.2, 0) is 4.79 Å². The Labute approximate surface area is 62.3 Å². The Balaban J connectivity index is 3.03. The highest BCUT2D eigenvalue weighted by Gasteiger charge is 1.88. The minimum absolute atomic E-state index is 0.621. The Morgan fingerprint density at radius 1 is 1.70 bits per heavy atom. The van der Waals surface area contributed by atoms with E-state index in [2.05, 4.69) is 18.8 Å². The van der Waals surface area contributed by atoms with E-state index in [0.29, 0.717) is 12.1 Å². The molecule has 0 aromatic carbocycles. The molecule has 0 saturated carbocycles. The molecular weight excluding hydrogens is 126 g/mol. The number of rotatable bonds is 6. The molecule has 0 bridgehead atoms. The van der Waals surface area contributed by atoms with E-state index in [1.165, 1.54) is 6.42 Å². The number of carbonyl (C=O) groups excluding carboxylic acids is 1. The van der Waals surface area contributed by atoms with E-state index in [0.717, 1.165) is 19.3 Å². The van der Waals surface area contributed by atoms with Crippen LogP contribution in [0.2, 0.25) is 0 Å². The molecule has 0 rings (SSSR count). The van der Waals surface area contributed by atoms with Crippen LogP contribution in [0.25, 0.3) is 0 Å². The molecule has 0 heterocycles. The molecule has 0 aliphatic carbocycles. The van der Waals surface area contributed by atoms with Crippen LogP contribution in [0.4, 0.5) is 0 Å². The molecule has 0 aliphatic heterocycles. The molecule has 0 atom stereocenters. The van der Waals surface area contributed by atoms with Crippen molar-refractivity contribution in [3.63, 3.8) is 0 Å². The Morgan fingerprint density at radius 3 is 2.90 bits per heavy atom. The summed E-state index contributed by atoms with van der Waals surface area (Å²) < 4.78 is 0. The van der Waals surface area contributed by atoms with Gasteiger partial charge in [-0.25, -0.2) is 0 Å². The molecule has 0 radical (unpaired) electrons. The lowest BCUT2D eigenvalue weighted by molar-refractivity contribution is -0.104. The zero-order valence-corrected chi connectivity index (χ0v) is 6.52. The molecule has 2 heteroatoms. The van der Waals surface area contributed by atoms with Gasteiger partial charge < -0.3 is 5.32 Å². The number of carbonyl (C=O) groups is 1. The van der Waals surface area contributed by atoms with Gasteiger partial charge in [-0.2, -0.15) is 0 Å². The summed E-state index contributed by atoms with van der Waals surface area (Å²) in [7, 11) is 0. The first-order valence-corrected chi connectivity index (χ1v) is 3.65. The second-order valence-corrected chi connectivity index (χ2v) is 2.31. The third kappa shape index (κ3) is 5.51. The first kappa shape index (κ1) is 9.37. The quantitative estimate of drug-likeness (QED) is 0.341. The van der Waals surface area contributed by atoms with E-state index >= 15 is 0 Å². The molecule has 10 heavy (non-hydrogen) atoms. The molecular formula is C8H15NO. The van der Waals surface area contributed by atoms with Gasteiger partial charge in [-0.05, 0) is 18.5 Å². The van der Waals surface area contributed by atoms with Gasteiger partial charge in [-0.3, -0.25) is 4.79 Å². The summed E-state index contributed by atoms with van der Waals surface area (Å²) in [6.45, 7) is 7.28. The summed E-state index contributed by atoms with van der Waals surface area (Å²) >= 11 is 0. The average Bonchev–Trinajstić information content (AvgIpc) is 1.98. The van der Waals surface area contributed by atoms with Crippen molar-refractivity contribution in [2.75, 3.05) is 13.1 Å².